The number of rotatable bonds is 2. The van der Waals surface area contributed by atoms with Crippen molar-refractivity contribution in [3.05, 3.63) is 28.2 Å². The zero-order chi connectivity index (χ0) is 9.97. The molecule has 1 aliphatic heterocycles. The van der Waals surface area contributed by atoms with Crippen LogP contribution in [0.15, 0.2) is 22.7 Å². The van der Waals surface area contributed by atoms with Crippen LogP contribution in [0, 0.1) is 0 Å². The molecule has 1 heterocycles. The molecule has 0 fully saturated rings. The van der Waals surface area contributed by atoms with Crippen molar-refractivity contribution < 1.29 is 4.74 Å². The highest BCUT2D eigenvalue weighted by Gasteiger charge is 2.18. The van der Waals surface area contributed by atoms with Crippen molar-refractivity contribution in [3.8, 4) is 5.75 Å². The highest BCUT2D eigenvalue weighted by Crippen LogP contribution is 2.30. The summed E-state index contributed by atoms with van der Waals surface area (Å²) in [6.07, 6.45) is 3.45. The SMILES string of the molecule is NCCC1CCc2cc(Br)ccc2O1. The molecule has 0 aromatic heterocycles. The number of fused-ring (bicyclic) bond motifs is 1. The van der Waals surface area contributed by atoms with Gasteiger partial charge in [-0.15, -0.1) is 0 Å². The van der Waals surface area contributed by atoms with Gasteiger partial charge in [-0.05, 0) is 49.6 Å². The average molecular weight is 256 g/mol. The lowest BCUT2D eigenvalue weighted by atomic mass is 10.0. The maximum absolute atomic E-state index is 5.83. The van der Waals surface area contributed by atoms with E-state index in [4.69, 9.17) is 10.5 Å². The minimum atomic E-state index is 0.314. The molecule has 1 unspecified atom stereocenters. The van der Waals surface area contributed by atoms with Crippen LogP contribution in [0.3, 0.4) is 0 Å². The Balaban J connectivity index is 2.15. The third-order valence-corrected chi connectivity index (χ3v) is 3.03. The van der Waals surface area contributed by atoms with Crippen LogP contribution in [0.4, 0.5) is 0 Å². The van der Waals surface area contributed by atoms with Crippen LogP contribution in [-0.2, 0) is 6.42 Å². The van der Waals surface area contributed by atoms with E-state index >= 15 is 0 Å². The van der Waals surface area contributed by atoms with Gasteiger partial charge < -0.3 is 10.5 Å². The largest absolute Gasteiger partial charge is 0.490 e. The molecule has 0 aliphatic carbocycles. The molecule has 1 aliphatic rings. The lowest BCUT2D eigenvalue weighted by Crippen LogP contribution is -2.25. The van der Waals surface area contributed by atoms with Crippen molar-refractivity contribution in [3.63, 3.8) is 0 Å². The standard InChI is InChI=1S/C11H14BrNO/c12-9-2-4-11-8(7-9)1-3-10(14-11)5-6-13/h2,4,7,10H,1,3,5-6,13H2. The van der Waals surface area contributed by atoms with Crippen molar-refractivity contribution in [1.82, 2.24) is 0 Å². The van der Waals surface area contributed by atoms with Gasteiger partial charge in [0.2, 0.25) is 0 Å². The fourth-order valence-electron chi connectivity index (χ4n) is 1.80. The second kappa shape index (κ2) is 4.32. The fraction of sp³-hybridized carbons (Fsp3) is 0.455. The van der Waals surface area contributed by atoms with Crippen molar-refractivity contribution in [1.29, 1.82) is 0 Å². The molecule has 2 rings (SSSR count). The molecule has 2 N–H and O–H groups in total. The quantitative estimate of drug-likeness (QED) is 0.882. The Morgan fingerprint density at radius 3 is 3.14 bits per heavy atom. The molecular weight excluding hydrogens is 242 g/mol. The Bertz CT molecular complexity index is 327. The van der Waals surface area contributed by atoms with E-state index < -0.39 is 0 Å². The molecule has 76 valence electrons. The van der Waals surface area contributed by atoms with Gasteiger partial charge >= 0.3 is 0 Å². The number of benzene rings is 1. The second-order valence-electron chi connectivity index (χ2n) is 3.61. The number of ether oxygens (including phenoxy) is 1. The van der Waals surface area contributed by atoms with E-state index in [0.717, 1.165) is 29.5 Å². The minimum absolute atomic E-state index is 0.314. The molecule has 0 amide bonds. The van der Waals surface area contributed by atoms with Gasteiger partial charge in [-0.2, -0.15) is 0 Å². The Kier molecular flexibility index (Phi) is 3.08. The van der Waals surface area contributed by atoms with E-state index in [2.05, 4.69) is 22.0 Å². The highest BCUT2D eigenvalue weighted by atomic mass is 79.9. The van der Waals surface area contributed by atoms with E-state index in [1.165, 1.54) is 5.56 Å². The monoisotopic (exact) mass is 255 g/mol. The van der Waals surface area contributed by atoms with E-state index in [1.807, 2.05) is 12.1 Å². The van der Waals surface area contributed by atoms with Gasteiger partial charge in [0.05, 0.1) is 0 Å². The second-order valence-corrected chi connectivity index (χ2v) is 4.52. The molecule has 0 bridgehead atoms. The minimum Gasteiger partial charge on any atom is -0.490 e. The van der Waals surface area contributed by atoms with Crippen LogP contribution in [0.2, 0.25) is 0 Å². The van der Waals surface area contributed by atoms with Gasteiger partial charge in [0.1, 0.15) is 11.9 Å². The number of aryl methyl sites for hydroxylation is 1. The van der Waals surface area contributed by atoms with Gasteiger partial charge in [0, 0.05) is 4.47 Å². The topological polar surface area (TPSA) is 35.2 Å². The molecule has 2 nitrogen and oxygen atoms in total. The van der Waals surface area contributed by atoms with Crippen molar-refractivity contribution in [2.75, 3.05) is 6.54 Å². The maximum atomic E-state index is 5.83. The molecule has 0 saturated heterocycles. The molecule has 1 atom stereocenters. The van der Waals surface area contributed by atoms with E-state index in [1.54, 1.807) is 0 Å². The van der Waals surface area contributed by atoms with Crippen LogP contribution in [0.5, 0.6) is 5.75 Å². The summed E-state index contributed by atoms with van der Waals surface area (Å²) in [6.45, 7) is 0.705. The van der Waals surface area contributed by atoms with Gasteiger partial charge in [-0.3, -0.25) is 0 Å². The smallest absolute Gasteiger partial charge is 0.122 e. The number of nitrogens with two attached hydrogens (primary N) is 1. The summed E-state index contributed by atoms with van der Waals surface area (Å²) in [4.78, 5) is 0. The first kappa shape index (κ1) is 9.99. The predicted octanol–water partition coefficient (Wildman–Crippen LogP) is 2.49. The summed E-state index contributed by atoms with van der Waals surface area (Å²) < 4.78 is 6.95. The zero-order valence-electron chi connectivity index (χ0n) is 8.00. The first-order chi connectivity index (χ1) is 6.79. The Morgan fingerprint density at radius 1 is 1.50 bits per heavy atom. The lowest BCUT2D eigenvalue weighted by molar-refractivity contribution is 0.166. The summed E-state index contributed by atoms with van der Waals surface area (Å²) in [6, 6.07) is 6.18. The first-order valence-electron chi connectivity index (χ1n) is 4.95. The summed E-state index contributed by atoms with van der Waals surface area (Å²) in [5.41, 5.74) is 6.81. The van der Waals surface area contributed by atoms with Gasteiger partial charge in [0.15, 0.2) is 0 Å². The van der Waals surface area contributed by atoms with Crippen molar-refractivity contribution in [2.24, 2.45) is 5.73 Å². The van der Waals surface area contributed by atoms with Crippen LogP contribution in [0.1, 0.15) is 18.4 Å². The molecule has 0 radical (unpaired) electrons. The summed E-state index contributed by atoms with van der Waals surface area (Å²) in [7, 11) is 0. The van der Waals surface area contributed by atoms with E-state index in [0.29, 0.717) is 12.6 Å². The molecule has 1 aromatic rings. The number of halogens is 1. The van der Waals surface area contributed by atoms with E-state index in [9.17, 15) is 0 Å². The normalized spacial score (nSPS) is 20.0. The predicted molar refractivity (Wildman–Crippen MR) is 60.6 cm³/mol. The number of hydrogen-bond donors (Lipinski definition) is 1. The molecule has 1 aromatic carbocycles. The summed E-state index contributed by atoms with van der Waals surface area (Å²) >= 11 is 3.46. The molecule has 3 heteroatoms. The summed E-state index contributed by atoms with van der Waals surface area (Å²) in [5, 5.41) is 0. The average Bonchev–Trinajstić information content (AvgIpc) is 2.19. The Hall–Kier alpha value is -0.540. The Labute approximate surface area is 92.6 Å². The number of hydrogen-bond acceptors (Lipinski definition) is 2. The molecular formula is C11H14BrNO. The third kappa shape index (κ3) is 2.10. The third-order valence-electron chi connectivity index (χ3n) is 2.54. The Morgan fingerprint density at radius 2 is 2.36 bits per heavy atom. The van der Waals surface area contributed by atoms with Crippen molar-refractivity contribution >= 4 is 15.9 Å². The van der Waals surface area contributed by atoms with Crippen LogP contribution >= 0.6 is 15.9 Å². The molecule has 14 heavy (non-hydrogen) atoms. The maximum Gasteiger partial charge on any atom is 0.122 e. The van der Waals surface area contributed by atoms with Crippen LogP contribution in [0.25, 0.3) is 0 Å². The van der Waals surface area contributed by atoms with Crippen LogP contribution in [-0.4, -0.2) is 12.6 Å². The van der Waals surface area contributed by atoms with Gasteiger partial charge in [-0.25, -0.2) is 0 Å². The van der Waals surface area contributed by atoms with Gasteiger partial charge in [-0.1, -0.05) is 15.9 Å². The molecule has 0 spiro atoms. The highest BCUT2D eigenvalue weighted by molar-refractivity contribution is 9.10. The lowest BCUT2D eigenvalue weighted by Gasteiger charge is -2.25. The van der Waals surface area contributed by atoms with Gasteiger partial charge in [0.25, 0.3) is 0 Å². The van der Waals surface area contributed by atoms with E-state index in [-0.39, 0.29) is 0 Å². The zero-order valence-corrected chi connectivity index (χ0v) is 9.59. The van der Waals surface area contributed by atoms with Crippen LogP contribution < -0.4 is 10.5 Å². The van der Waals surface area contributed by atoms with Crippen molar-refractivity contribution in [2.45, 2.75) is 25.4 Å². The first-order valence-corrected chi connectivity index (χ1v) is 5.74. The molecule has 0 saturated carbocycles. The fourth-order valence-corrected chi connectivity index (χ4v) is 2.21. The summed E-state index contributed by atoms with van der Waals surface area (Å²) in [5.74, 6) is 1.03.